The highest BCUT2D eigenvalue weighted by Gasteiger charge is 2.16. The molecule has 0 radical (unpaired) electrons. The molecule has 4 heteroatoms. The first-order valence-corrected chi connectivity index (χ1v) is 7.48. The van der Waals surface area contributed by atoms with E-state index in [0.29, 0.717) is 5.56 Å². The number of carbonyl (C=O) groups is 1. The maximum atomic E-state index is 12.3. The van der Waals surface area contributed by atoms with E-state index in [9.17, 15) is 4.79 Å². The van der Waals surface area contributed by atoms with Gasteiger partial charge in [0.05, 0.1) is 11.6 Å². The minimum Gasteiger partial charge on any atom is -0.459 e. The Morgan fingerprint density at radius 2 is 1.86 bits per heavy atom. The Morgan fingerprint density at radius 1 is 1.14 bits per heavy atom. The Bertz CT molecular complexity index is 761. The van der Waals surface area contributed by atoms with Crippen molar-refractivity contribution in [2.75, 3.05) is 0 Å². The van der Waals surface area contributed by atoms with Crippen LogP contribution in [0.15, 0.2) is 63.5 Å². The van der Waals surface area contributed by atoms with Gasteiger partial charge in [-0.1, -0.05) is 30.3 Å². The second-order valence-electron chi connectivity index (χ2n) is 4.86. The first kappa shape index (κ1) is 13.9. The smallest absolute Gasteiger partial charge is 0.253 e. The van der Waals surface area contributed by atoms with Crippen molar-refractivity contribution in [1.29, 1.82) is 0 Å². The number of amides is 1. The van der Waals surface area contributed by atoms with E-state index in [0.717, 1.165) is 21.2 Å². The van der Waals surface area contributed by atoms with Gasteiger partial charge in [0.25, 0.3) is 5.91 Å². The van der Waals surface area contributed by atoms with Crippen LogP contribution in [0.5, 0.6) is 0 Å². The predicted octanol–water partition coefficient (Wildman–Crippen LogP) is 4.69. The number of fused-ring (bicyclic) bond motifs is 1. The number of para-hydroxylation sites is 1. The van der Waals surface area contributed by atoms with Gasteiger partial charge in [-0.15, -0.1) is 0 Å². The number of carbonyl (C=O) groups excluding carboxylic acids is 1. The normalized spacial score (nSPS) is 12.3. The van der Waals surface area contributed by atoms with E-state index < -0.39 is 0 Å². The number of benzene rings is 2. The molecule has 2 aromatic carbocycles. The molecule has 0 aliphatic heterocycles. The van der Waals surface area contributed by atoms with Gasteiger partial charge >= 0.3 is 0 Å². The van der Waals surface area contributed by atoms with Crippen molar-refractivity contribution in [3.05, 3.63) is 70.4 Å². The fourth-order valence-electron chi connectivity index (χ4n) is 2.21. The monoisotopic (exact) mass is 343 g/mol. The summed E-state index contributed by atoms with van der Waals surface area (Å²) in [6, 6.07) is 16.9. The van der Waals surface area contributed by atoms with Crippen LogP contribution in [0.4, 0.5) is 0 Å². The molecule has 1 unspecified atom stereocenters. The highest BCUT2D eigenvalue weighted by molar-refractivity contribution is 9.10. The SMILES string of the molecule is CC(NC(=O)c1ccccc1Br)c1cc2ccccc2o1. The maximum absolute atomic E-state index is 12.3. The summed E-state index contributed by atoms with van der Waals surface area (Å²) in [4.78, 5) is 12.3. The lowest BCUT2D eigenvalue weighted by Crippen LogP contribution is -2.26. The first-order chi connectivity index (χ1) is 10.1. The topological polar surface area (TPSA) is 42.2 Å². The van der Waals surface area contributed by atoms with Crippen molar-refractivity contribution in [2.45, 2.75) is 13.0 Å². The summed E-state index contributed by atoms with van der Waals surface area (Å²) in [5, 5.41) is 3.99. The van der Waals surface area contributed by atoms with Crippen molar-refractivity contribution in [3.63, 3.8) is 0 Å². The van der Waals surface area contributed by atoms with Crippen molar-refractivity contribution in [2.24, 2.45) is 0 Å². The molecule has 0 bridgehead atoms. The number of halogens is 1. The molecule has 0 saturated heterocycles. The largest absolute Gasteiger partial charge is 0.459 e. The molecule has 0 aliphatic carbocycles. The van der Waals surface area contributed by atoms with E-state index in [4.69, 9.17) is 4.42 Å². The van der Waals surface area contributed by atoms with Gasteiger partial charge < -0.3 is 9.73 Å². The van der Waals surface area contributed by atoms with Crippen LogP contribution >= 0.6 is 15.9 Å². The molecule has 0 aliphatic rings. The Labute approximate surface area is 131 Å². The maximum Gasteiger partial charge on any atom is 0.253 e. The van der Waals surface area contributed by atoms with Crippen molar-refractivity contribution in [1.82, 2.24) is 5.32 Å². The van der Waals surface area contributed by atoms with Crippen molar-refractivity contribution >= 4 is 32.8 Å². The lowest BCUT2D eigenvalue weighted by Gasteiger charge is -2.12. The lowest BCUT2D eigenvalue weighted by atomic mass is 10.1. The van der Waals surface area contributed by atoms with Crippen molar-refractivity contribution in [3.8, 4) is 0 Å². The third-order valence-corrected chi connectivity index (χ3v) is 4.03. The molecule has 0 spiro atoms. The summed E-state index contributed by atoms with van der Waals surface area (Å²) in [7, 11) is 0. The second-order valence-corrected chi connectivity index (χ2v) is 5.72. The second kappa shape index (κ2) is 5.74. The van der Waals surface area contributed by atoms with Gasteiger partial charge in [0.1, 0.15) is 11.3 Å². The average molecular weight is 344 g/mol. The molecular weight excluding hydrogens is 330 g/mol. The molecule has 1 aromatic heterocycles. The van der Waals surface area contributed by atoms with Crippen molar-refractivity contribution < 1.29 is 9.21 Å². The minimum atomic E-state index is -0.197. The highest BCUT2D eigenvalue weighted by atomic mass is 79.9. The molecule has 3 rings (SSSR count). The van der Waals surface area contributed by atoms with E-state index in [-0.39, 0.29) is 11.9 Å². The molecule has 1 amide bonds. The Hall–Kier alpha value is -2.07. The van der Waals surface area contributed by atoms with Crippen LogP contribution in [0.1, 0.15) is 29.1 Å². The molecule has 1 N–H and O–H groups in total. The minimum absolute atomic E-state index is 0.129. The van der Waals surface area contributed by atoms with E-state index in [2.05, 4.69) is 21.2 Å². The molecule has 0 saturated carbocycles. The number of hydrogen-bond acceptors (Lipinski definition) is 2. The summed E-state index contributed by atoms with van der Waals surface area (Å²) >= 11 is 3.39. The summed E-state index contributed by atoms with van der Waals surface area (Å²) in [5.74, 6) is 0.618. The van der Waals surface area contributed by atoms with Gasteiger partial charge in [0.2, 0.25) is 0 Å². The zero-order valence-corrected chi connectivity index (χ0v) is 13.1. The summed E-state index contributed by atoms with van der Waals surface area (Å²) in [5.41, 5.74) is 1.44. The van der Waals surface area contributed by atoms with Gasteiger partial charge in [0.15, 0.2) is 0 Å². The molecular formula is C17H14BrNO2. The fraction of sp³-hybridized carbons (Fsp3) is 0.118. The van der Waals surface area contributed by atoms with Gasteiger partial charge in [0, 0.05) is 9.86 Å². The number of nitrogens with one attached hydrogen (secondary N) is 1. The Balaban J connectivity index is 1.81. The molecule has 3 nitrogen and oxygen atoms in total. The van der Waals surface area contributed by atoms with Crippen LogP contribution < -0.4 is 5.32 Å². The molecule has 1 atom stereocenters. The Kier molecular flexibility index (Phi) is 3.80. The van der Waals surface area contributed by atoms with Crippen LogP contribution in [0, 0.1) is 0 Å². The zero-order chi connectivity index (χ0) is 14.8. The third kappa shape index (κ3) is 2.85. The highest BCUT2D eigenvalue weighted by Crippen LogP contribution is 2.24. The fourth-order valence-corrected chi connectivity index (χ4v) is 2.67. The van der Waals surface area contributed by atoms with Crippen LogP contribution in [-0.2, 0) is 0 Å². The van der Waals surface area contributed by atoms with E-state index >= 15 is 0 Å². The molecule has 3 aromatic rings. The molecule has 0 fully saturated rings. The summed E-state index contributed by atoms with van der Waals surface area (Å²) in [6.07, 6.45) is 0. The van der Waals surface area contributed by atoms with Crippen LogP contribution in [0.3, 0.4) is 0 Å². The molecule has 106 valence electrons. The van der Waals surface area contributed by atoms with Gasteiger partial charge in [-0.05, 0) is 47.1 Å². The standard InChI is InChI=1S/C17H14BrNO2/c1-11(16-10-12-6-2-5-9-15(12)21-16)19-17(20)13-7-3-4-8-14(13)18/h2-11H,1H3,(H,19,20). The lowest BCUT2D eigenvalue weighted by molar-refractivity contribution is 0.0935. The van der Waals surface area contributed by atoms with Gasteiger partial charge in [-0.25, -0.2) is 0 Å². The average Bonchev–Trinajstić information content (AvgIpc) is 2.91. The first-order valence-electron chi connectivity index (χ1n) is 6.69. The van der Waals surface area contributed by atoms with Gasteiger partial charge in [-0.2, -0.15) is 0 Å². The van der Waals surface area contributed by atoms with E-state index in [1.807, 2.05) is 55.5 Å². The van der Waals surface area contributed by atoms with Crippen LogP contribution in [-0.4, -0.2) is 5.91 Å². The number of furan rings is 1. The van der Waals surface area contributed by atoms with E-state index in [1.165, 1.54) is 0 Å². The molecule has 21 heavy (non-hydrogen) atoms. The quantitative estimate of drug-likeness (QED) is 0.749. The molecule has 1 heterocycles. The number of hydrogen-bond donors (Lipinski definition) is 1. The Morgan fingerprint density at radius 3 is 2.62 bits per heavy atom. The zero-order valence-electron chi connectivity index (χ0n) is 11.5. The van der Waals surface area contributed by atoms with E-state index in [1.54, 1.807) is 6.07 Å². The van der Waals surface area contributed by atoms with Gasteiger partial charge in [-0.3, -0.25) is 4.79 Å². The summed E-state index contributed by atoms with van der Waals surface area (Å²) < 4.78 is 6.55. The third-order valence-electron chi connectivity index (χ3n) is 3.34. The summed E-state index contributed by atoms with van der Waals surface area (Å²) in [6.45, 7) is 1.91. The predicted molar refractivity (Wildman–Crippen MR) is 86.2 cm³/mol. The van der Waals surface area contributed by atoms with Crippen LogP contribution in [0.25, 0.3) is 11.0 Å². The van der Waals surface area contributed by atoms with Crippen LogP contribution in [0.2, 0.25) is 0 Å². The number of rotatable bonds is 3.